The Labute approximate surface area is 175 Å². The average molecular weight is 404 g/mol. The fourth-order valence-electron chi connectivity index (χ4n) is 3.35. The minimum atomic E-state index is -0.543. The molecule has 0 aliphatic carbocycles. The molecule has 0 bridgehead atoms. The third-order valence-corrected chi connectivity index (χ3v) is 5.02. The second kappa shape index (κ2) is 10.4. The maximum atomic E-state index is 12.6. The average Bonchev–Trinajstić information content (AvgIpc) is 2.81. The van der Waals surface area contributed by atoms with Gasteiger partial charge in [-0.15, -0.1) is 0 Å². The molecule has 0 radical (unpaired) electrons. The minimum Gasteiger partial charge on any atom is -0.388 e. The van der Waals surface area contributed by atoms with Gasteiger partial charge in [0.2, 0.25) is 5.91 Å². The van der Waals surface area contributed by atoms with E-state index in [1.165, 1.54) is 18.2 Å². The van der Waals surface area contributed by atoms with Gasteiger partial charge in [-0.05, 0) is 43.2 Å². The summed E-state index contributed by atoms with van der Waals surface area (Å²) < 4.78 is 0. The molecule has 0 saturated carbocycles. The first-order valence-corrected chi connectivity index (χ1v) is 9.92. The Bertz CT molecular complexity index is 958. The molecule has 2 aromatic rings. The zero-order valence-corrected chi connectivity index (χ0v) is 16.6. The lowest BCUT2D eigenvalue weighted by atomic mass is 9.89. The van der Waals surface area contributed by atoms with Crippen LogP contribution in [0.25, 0.3) is 12.2 Å². The maximum Gasteiger partial charge on any atom is 0.246 e. The second-order valence-electron chi connectivity index (χ2n) is 7.11. The van der Waals surface area contributed by atoms with Crippen LogP contribution in [-0.4, -0.2) is 52.2 Å². The summed E-state index contributed by atoms with van der Waals surface area (Å²) >= 11 is 0. The highest BCUT2D eigenvalue weighted by Crippen LogP contribution is 2.22. The van der Waals surface area contributed by atoms with Crippen molar-refractivity contribution in [2.45, 2.75) is 12.8 Å². The van der Waals surface area contributed by atoms with Crippen molar-refractivity contribution in [1.29, 1.82) is 0 Å². The van der Waals surface area contributed by atoms with Gasteiger partial charge in [-0.3, -0.25) is 14.4 Å². The Balaban J connectivity index is 1.54. The number of hydrogen-bond acceptors (Lipinski definition) is 5. The highest BCUT2D eigenvalue weighted by Gasteiger charge is 2.27. The number of aromatic nitrogens is 1. The summed E-state index contributed by atoms with van der Waals surface area (Å²) in [7, 11) is 0. The van der Waals surface area contributed by atoms with E-state index in [1.54, 1.807) is 29.2 Å². The van der Waals surface area contributed by atoms with E-state index in [1.807, 2.05) is 30.3 Å². The number of pyridine rings is 1. The van der Waals surface area contributed by atoms with E-state index in [-0.39, 0.29) is 17.6 Å². The van der Waals surface area contributed by atoms with E-state index in [9.17, 15) is 14.4 Å². The second-order valence-corrected chi connectivity index (χ2v) is 7.11. The van der Waals surface area contributed by atoms with E-state index in [2.05, 4.69) is 4.98 Å². The number of piperidine rings is 1. The summed E-state index contributed by atoms with van der Waals surface area (Å²) in [6.07, 6.45) is 7.21. The number of aliphatic hydroxyl groups excluding tert-OH is 1. The van der Waals surface area contributed by atoms with E-state index < -0.39 is 12.4 Å². The molecule has 1 amide bonds. The number of hydrogen-bond donors (Lipinski definition) is 1. The van der Waals surface area contributed by atoms with E-state index in [0.29, 0.717) is 37.3 Å². The lowest BCUT2D eigenvalue weighted by Crippen LogP contribution is -2.39. The molecule has 1 aliphatic rings. The van der Waals surface area contributed by atoms with Gasteiger partial charge in [0, 0.05) is 30.6 Å². The fourth-order valence-corrected chi connectivity index (χ4v) is 3.35. The summed E-state index contributed by atoms with van der Waals surface area (Å²) in [5.74, 6) is -0.417. The van der Waals surface area contributed by atoms with Gasteiger partial charge in [-0.1, -0.05) is 36.4 Å². The Morgan fingerprint density at radius 2 is 1.57 bits per heavy atom. The molecule has 0 atom stereocenters. The molecule has 1 N–H and O–H groups in total. The highest BCUT2D eigenvalue weighted by molar-refractivity contribution is 5.98. The van der Waals surface area contributed by atoms with Crippen molar-refractivity contribution in [1.82, 2.24) is 9.88 Å². The van der Waals surface area contributed by atoms with Gasteiger partial charge in [0.1, 0.15) is 6.61 Å². The number of rotatable bonds is 7. The number of ketones is 2. The number of carbonyl (C=O) groups excluding carboxylic acids is 3. The molecule has 2 heterocycles. The lowest BCUT2D eigenvalue weighted by Gasteiger charge is -2.30. The van der Waals surface area contributed by atoms with Crippen LogP contribution >= 0.6 is 0 Å². The normalized spacial score (nSPS) is 15.0. The highest BCUT2D eigenvalue weighted by atomic mass is 16.3. The van der Waals surface area contributed by atoms with Crippen molar-refractivity contribution < 1.29 is 19.5 Å². The third kappa shape index (κ3) is 5.81. The van der Waals surface area contributed by atoms with Crippen LogP contribution in [-0.2, 0) is 9.59 Å². The quantitative estimate of drug-likeness (QED) is 0.566. The van der Waals surface area contributed by atoms with Gasteiger partial charge in [-0.2, -0.15) is 0 Å². The van der Waals surface area contributed by atoms with Gasteiger partial charge in [0.05, 0.1) is 11.4 Å². The molecule has 1 fully saturated rings. The minimum absolute atomic E-state index is 0.0489. The van der Waals surface area contributed by atoms with Crippen molar-refractivity contribution >= 4 is 29.6 Å². The van der Waals surface area contributed by atoms with E-state index in [0.717, 1.165) is 5.56 Å². The largest absolute Gasteiger partial charge is 0.388 e. The number of Topliss-reactive ketones (excluding diaryl/α,β-unsaturated/α-hetero) is 1. The van der Waals surface area contributed by atoms with Crippen LogP contribution in [0.4, 0.5) is 0 Å². The van der Waals surface area contributed by atoms with E-state index >= 15 is 0 Å². The number of benzene rings is 1. The van der Waals surface area contributed by atoms with Crippen molar-refractivity contribution in [3.8, 4) is 0 Å². The topological polar surface area (TPSA) is 87.6 Å². The molecule has 1 aromatic carbocycles. The van der Waals surface area contributed by atoms with Crippen LogP contribution < -0.4 is 0 Å². The fraction of sp³-hybridized carbons (Fsp3) is 0.250. The van der Waals surface area contributed by atoms with Crippen LogP contribution in [0.1, 0.15) is 34.6 Å². The van der Waals surface area contributed by atoms with Gasteiger partial charge in [0.25, 0.3) is 0 Å². The van der Waals surface area contributed by atoms with Crippen LogP contribution in [0.15, 0.2) is 60.7 Å². The maximum absolute atomic E-state index is 12.6. The number of aliphatic hydroxyl groups is 1. The molecule has 0 unspecified atom stereocenters. The molecule has 3 rings (SSSR count). The van der Waals surface area contributed by atoms with Gasteiger partial charge in [-0.25, -0.2) is 4.98 Å². The molecular formula is C24H24N2O4. The van der Waals surface area contributed by atoms with Crippen LogP contribution in [0, 0.1) is 5.92 Å². The Kier molecular flexibility index (Phi) is 7.40. The molecule has 0 spiro atoms. The summed E-state index contributed by atoms with van der Waals surface area (Å²) in [5.41, 5.74) is 1.88. The molecule has 154 valence electrons. The zero-order chi connectivity index (χ0) is 21.3. The van der Waals surface area contributed by atoms with Crippen molar-refractivity contribution in [2.24, 2.45) is 5.92 Å². The summed E-state index contributed by atoms with van der Waals surface area (Å²) in [5, 5.41) is 8.75. The Morgan fingerprint density at radius 3 is 2.20 bits per heavy atom. The summed E-state index contributed by atoms with van der Waals surface area (Å²) in [6, 6.07) is 14.5. The summed E-state index contributed by atoms with van der Waals surface area (Å²) in [6.45, 7) is 0.552. The van der Waals surface area contributed by atoms with Crippen LogP contribution in [0.5, 0.6) is 0 Å². The van der Waals surface area contributed by atoms with E-state index in [4.69, 9.17) is 5.11 Å². The molecular weight excluding hydrogens is 380 g/mol. The standard InChI is InChI=1S/C24H24N2O4/c27-17-22(28)11-9-20-7-4-8-21(25-20)10-12-23(29)26-15-13-19(14-16-26)24(30)18-5-2-1-3-6-18/h1-12,19,27H,13-17H2/b11-9+,12-10+. The lowest BCUT2D eigenvalue weighted by molar-refractivity contribution is -0.127. The predicted octanol–water partition coefficient (Wildman–Crippen LogP) is 2.79. The molecule has 30 heavy (non-hydrogen) atoms. The zero-order valence-electron chi connectivity index (χ0n) is 16.6. The predicted molar refractivity (Wildman–Crippen MR) is 114 cm³/mol. The molecule has 6 heteroatoms. The third-order valence-electron chi connectivity index (χ3n) is 5.02. The van der Waals surface area contributed by atoms with Crippen LogP contribution in [0.2, 0.25) is 0 Å². The van der Waals surface area contributed by atoms with Crippen molar-refractivity contribution in [3.63, 3.8) is 0 Å². The monoisotopic (exact) mass is 404 g/mol. The number of likely N-dealkylation sites (tertiary alicyclic amines) is 1. The molecule has 1 aromatic heterocycles. The first-order valence-electron chi connectivity index (χ1n) is 9.92. The van der Waals surface area contributed by atoms with Crippen molar-refractivity contribution in [3.05, 3.63) is 77.6 Å². The SMILES string of the molecule is O=C(/C=C/c1cccc(/C=C/C(=O)N2CCC(C(=O)c3ccccc3)CC2)n1)CO. The smallest absolute Gasteiger partial charge is 0.246 e. The molecule has 1 saturated heterocycles. The molecule has 6 nitrogen and oxygen atoms in total. The number of carbonyl (C=O) groups is 3. The first kappa shape index (κ1) is 21.3. The molecule has 1 aliphatic heterocycles. The Hall–Kier alpha value is -3.38. The van der Waals surface area contributed by atoms with Gasteiger partial charge < -0.3 is 10.0 Å². The summed E-state index contributed by atoms with van der Waals surface area (Å²) in [4.78, 5) is 42.3. The van der Waals surface area contributed by atoms with Crippen molar-refractivity contribution in [2.75, 3.05) is 19.7 Å². The van der Waals surface area contributed by atoms with Gasteiger partial charge in [0.15, 0.2) is 11.6 Å². The number of amides is 1. The first-order chi connectivity index (χ1) is 14.6. The van der Waals surface area contributed by atoms with Crippen LogP contribution in [0.3, 0.4) is 0 Å². The van der Waals surface area contributed by atoms with Gasteiger partial charge >= 0.3 is 0 Å². The number of nitrogens with zero attached hydrogens (tertiary/aromatic N) is 2. The Morgan fingerprint density at radius 1 is 0.933 bits per heavy atom.